The van der Waals surface area contributed by atoms with Gasteiger partial charge < -0.3 is 14.9 Å². The third-order valence-corrected chi connectivity index (χ3v) is 1.59. The molecule has 1 aromatic rings. The minimum absolute atomic E-state index is 0.0381. The van der Waals surface area contributed by atoms with E-state index in [-0.39, 0.29) is 6.61 Å². The molecule has 0 bridgehead atoms. The highest BCUT2D eigenvalue weighted by Gasteiger charge is 2.12. The summed E-state index contributed by atoms with van der Waals surface area (Å²) in [6.07, 6.45) is 1.58. The lowest BCUT2D eigenvalue weighted by atomic mass is 10.4. The Morgan fingerprint density at radius 2 is 2.44 bits per heavy atom. The minimum atomic E-state index is -1.16. The van der Waals surface area contributed by atoms with Crippen molar-refractivity contribution in [1.29, 1.82) is 0 Å². The van der Waals surface area contributed by atoms with Crippen molar-refractivity contribution in [2.24, 2.45) is 0 Å². The Labute approximate surface area is 89.2 Å². The molecule has 0 unspecified atom stereocenters. The number of aromatic nitrogens is 3. The van der Waals surface area contributed by atoms with Crippen LogP contribution in [0, 0.1) is 10.1 Å². The molecule has 8 nitrogen and oxygen atoms in total. The number of carbonyl (C=O) groups is 1. The molecular formula is C7H9FN4O4. The Morgan fingerprint density at radius 3 is 3.00 bits per heavy atom. The van der Waals surface area contributed by atoms with E-state index in [0.29, 0.717) is 13.0 Å². The van der Waals surface area contributed by atoms with Gasteiger partial charge in [-0.25, -0.2) is 9.18 Å². The number of esters is 1. The van der Waals surface area contributed by atoms with E-state index in [0.717, 1.165) is 0 Å². The van der Waals surface area contributed by atoms with E-state index >= 15 is 0 Å². The molecule has 1 heterocycles. The highest BCUT2D eigenvalue weighted by atomic mass is 19.1. The zero-order chi connectivity index (χ0) is 12.0. The molecule has 0 aliphatic rings. The largest absolute Gasteiger partial charge is 0.490 e. The van der Waals surface area contributed by atoms with Crippen molar-refractivity contribution >= 4 is 11.9 Å². The molecule has 16 heavy (non-hydrogen) atoms. The average molecular weight is 232 g/mol. The van der Waals surface area contributed by atoms with Crippen molar-refractivity contribution in [3.8, 4) is 0 Å². The van der Waals surface area contributed by atoms with E-state index in [4.69, 9.17) is 0 Å². The van der Waals surface area contributed by atoms with Gasteiger partial charge in [-0.15, -0.1) is 0 Å². The van der Waals surface area contributed by atoms with Crippen molar-refractivity contribution in [1.82, 2.24) is 14.8 Å². The van der Waals surface area contributed by atoms with E-state index in [2.05, 4.69) is 14.8 Å². The van der Waals surface area contributed by atoms with Crippen LogP contribution in [-0.2, 0) is 16.1 Å². The van der Waals surface area contributed by atoms with Crippen LogP contribution >= 0.6 is 0 Å². The minimum Gasteiger partial charge on any atom is -0.464 e. The molecule has 1 rings (SSSR count). The first-order valence-corrected chi connectivity index (χ1v) is 4.39. The van der Waals surface area contributed by atoms with Gasteiger partial charge in [-0.05, 0) is 4.92 Å². The lowest BCUT2D eigenvalue weighted by molar-refractivity contribution is -0.394. The van der Waals surface area contributed by atoms with Crippen LogP contribution in [-0.4, -0.2) is 38.9 Å². The van der Waals surface area contributed by atoms with Gasteiger partial charge in [0.05, 0.1) is 13.2 Å². The predicted molar refractivity (Wildman–Crippen MR) is 48.2 cm³/mol. The van der Waals surface area contributed by atoms with Gasteiger partial charge in [-0.3, -0.25) is 0 Å². The maximum absolute atomic E-state index is 11.7. The molecule has 1 aromatic heterocycles. The second kappa shape index (κ2) is 5.73. The molecule has 0 aromatic carbocycles. The number of carbonyl (C=O) groups excluding carboxylic acids is 1. The summed E-state index contributed by atoms with van der Waals surface area (Å²) in [6, 6.07) is 0. The Balaban J connectivity index is 2.27. The number of nitro groups is 1. The maximum Gasteiger partial charge on any atom is 0.490 e. The summed E-state index contributed by atoms with van der Waals surface area (Å²) in [6.45, 7) is -0.814. The number of nitrogens with zero attached hydrogens (tertiary/aromatic N) is 4. The highest BCUT2D eigenvalue weighted by Crippen LogP contribution is 2.00. The van der Waals surface area contributed by atoms with Gasteiger partial charge in [0, 0.05) is 11.5 Å². The van der Waals surface area contributed by atoms with Crippen LogP contribution < -0.4 is 0 Å². The summed E-state index contributed by atoms with van der Waals surface area (Å²) in [4.78, 5) is 23.3. The SMILES string of the molecule is O=C(CF)OCCCn1cnc([N+](=O)[O-])n1. The van der Waals surface area contributed by atoms with Gasteiger partial charge in [0.15, 0.2) is 6.67 Å². The van der Waals surface area contributed by atoms with Crippen LogP contribution in [0.15, 0.2) is 6.33 Å². The van der Waals surface area contributed by atoms with E-state index in [1.807, 2.05) is 0 Å². The fourth-order valence-corrected chi connectivity index (χ4v) is 0.927. The Kier molecular flexibility index (Phi) is 4.30. The first-order valence-electron chi connectivity index (χ1n) is 4.39. The number of rotatable bonds is 6. The molecule has 0 fully saturated rings. The number of halogens is 1. The molecule has 0 saturated heterocycles. The van der Waals surface area contributed by atoms with Gasteiger partial charge >= 0.3 is 11.9 Å². The van der Waals surface area contributed by atoms with Crippen LogP contribution in [0.4, 0.5) is 10.3 Å². The van der Waals surface area contributed by atoms with Crippen molar-refractivity contribution in [3.05, 3.63) is 16.4 Å². The lowest BCUT2D eigenvalue weighted by Crippen LogP contribution is -2.10. The van der Waals surface area contributed by atoms with E-state index in [9.17, 15) is 19.3 Å². The molecule has 0 aliphatic carbocycles. The Bertz CT molecular complexity index is 380. The van der Waals surface area contributed by atoms with E-state index in [1.165, 1.54) is 11.0 Å². The Morgan fingerprint density at radius 1 is 1.69 bits per heavy atom. The molecule has 0 radical (unpaired) electrons. The maximum atomic E-state index is 11.7. The Hall–Kier alpha value is -2.06. The molecular weight excluding hydrogens is 223 g/mol. The van der Waals surface area contributed by atoms with Gasteiger partial charge in [0.25, 0.3) is 0 Å². The average Bonchev–Trinajstić information content (AvgIpc) is 2.72. The summed E-state index contributed by atoms with van der Waals surface area (Å²) in [5.74, 6) is -1.41. The standard InChI is InChI=1S/C7H9FN4O4/c8-4-6(13)16-3-1-2-11-5-9-7(10-11)12(14)15/h5H,1-4H2. The number of aryl methyl sites for hydroxylation is 1. The molecule has 0 spiro atoms. The highest BCUT2D eigenvalue weighted by molar-refractivity contribution is 5.70. The molecule has 0 atom stereocenters. The summed E-state index contributed by atoms with van der Waals surface area (Å²) in [5.41, 5.74) is 0. The quantitative estimate of drug-likeness (QED) is 0.298. The van der Waals surface area contributed by atoms with Gasteiger partial charge in [0.1, 0.15) is 0 Å². The normalized spacial score (nSPS) is 10.1. The van der Waals surface area contributed by atoms with Crippen molar-refractivity contribution < 1.29 is 18.8 Å². The van der Waals surface area contributed by atoms with Gasteiger partial charge in [-0.1, -0.05) is 4.98 Å². The zero-order valence-corrected chi connectivity index (χ0v) is 8.21. The van der Waals surface area contributed by atoms with Gasteiger partial charge in [-0.2, -0.15) is 4.68 Å². The number of hydrogen-bond donors (Lipinski definition) is 0. The van der Waals surface area contributed by atoms with E-state index in [1.54, 1.807) is 0 Å². The van der Waals surface area contributed by atoms with Gasteiger partial charge in [0.2, 0.25) is 6.33 Å². The van der Waals surface area contributed by atoms with Crippen LogP contribution in [0.3, 0.4) is 0 Å². The molecule has 0 amide bonds. The fourth-order valence-electron chi connectivity index (χ4n) is 0.927. The number of ether oxygens (including phenoxy) is 1. The van der Waals surface area contributed by atoms with Crippen molar-refractivity contribution in [3.63, 3.8) is 0 Å². The van der Waals surface area contributed by atoms with Crippen LogP contribution in [0.1, 0.15) is 6.42 Å². The van der Waals surface area contributed by atoms with Crippen molar-refractivity contribution in [2.75, 3.05) is 13.3 Å². The molecule has 0 N–H and O–H groups in total. The lowest BCUT2D eigenvalue weighted by Gasteiger charge is -2.00. The second-order valence-corrected chi connectivity index (χ2v) is 2.77. The number of alkyl halides is 1. The van der Waals surface area contributed by atoms with Crippen LogP contribution in [0.25, 0.3) is 0 Å². The smallest absolute Gasteiger partial charge is 0.464 e. The summed E-state index contributed by atoms with van der Waals surface area (Å²) in [7, 11) is 0. The summed E-state index contributed by atoms with van der Waals surface area (Å²) >= 11 is 0. The molecule has 9 heteroatoms. The predicted octanol–water partition coefficient (Wildman–Crippen LogP) is 0.0891. The third kappa shape index (κ3) is 3.59. The molecule has 0 saturated carbocycles. The van der Waals surface area contributed by atoms with Crippen LogP contribution in [0.5, 0.6) is 0 Å². The topological polar surface area (TPSA) is 100 Å². The van der Waals surface area contributed by atoms with Crippen molar-refractivity contribution in [2.45, 2.75) is 13.0 Å². The monoisotopic (exact) mass is 232 g/mol. The zero-order valence-electron chi connectivity index (χ0n) is 8.21. The first-order chi connectivity index (χ1) is 7.63. The van der Waals surface area contributed by atoms with E-state index < -0.39 is 23.5 Å². The molecule has 0 aliphatic heterocycles. The second-order valence-electron chi connectivity index (χ2n) is 2.77. The molecule has 88 valence electrons. The first kappa shape index (κ1) is 12.0. The number of hydrogen-bond acceptors (Lipinski definition) is 6. The fraction of sp³-hybridized carbons (Fsp3) is 0.571. The third-order valence-electron chi connectivity index (χ3n) is 1.59. The summed E-state index contributed by atoms with van der Waals surface area (Å²) < 4.78 is 17.4. The summed E-state index contributed by atoms with van der Waals surface area (Å²) in [5, 5.41) is 13.8. The van der Waals surface area contributed by atoms with Crippen LogP contribution in [0.2, 0.25) is 0 Å².